The van der Waals surface area contributed by atoms with Crippen molar-refractivity contribution in [3.05, 3.63) is 30.2 Å². The molecular formula is C17H21FN2O. The molecule has 0 spiro atoms. The van der Waals surface area contributed by atoms with E-state index in [2.05, 4.69) is 11.9 Å². The van der Waals surface area contributed by atoms with Gasteiger partial charge in [0.2, 0.25) is 0 Å². The van der Waals surface area contributed by atoms with Crippen LogP contribution >= 0.6 is 0 Å². The van der Waals surface area contributed by atoms with Gasteiger partial charge in [-0.15, -0.1) is 0 Å². The second-order valence-corrected chi connectivity index (χ2v) is 5.79. The summed E-state index contributed by atoms with van der Waals surface area (Å²) in [4.78, 5) is 4.27. The number of aromatic nitrogens is 1. The number of nitrogens with two attached hydrogens (primary N) is 1. The first kappa shape index (κ1) is 14.1. The molecule has 0 amide bonds. The van der Waals surface area contributed by atoms with Crippen molar-refractivity contribution in [2.75, 3.05) is 5.73 Å². The zero-order chi connectivity index (χ0) is 14.8. The molecule has 1 heterocycles. The molecule has 2 unspecified atom stereocenters. The van der Waals surface area contributed by atoms with Crippen LogP contribution in [-0.4, -0.2) is 11.1 Å². The maximum absolute atomic E-state index is 14.3. The Morgan fingerprint density at radius 1 is 1.38 bits per heavy atom. The molecule has 0 aliphatic heterocycles. The number of rotatable bonds is 3. The molecule has 2 atom stereocenters. The second-order valence-electron chi connectivity index (χ2n) is 5.79. The van der Waals surface area contributed by atoms with Crippen molar-refractivity contribution in [2.45, 2.75) is 45.1 Å². The zero-order valence-corrected chi connectivity index (χ0v) is 12.3. The fraction of sp³-hybridized carbons (Fsp3) is 0.471. The van der Waals surface area contributed by atoms with Gasteiger partial charge in [0.05, 0.1) is 0 Å². The SMILES string of the molecule is CCC1CCCCC1Oc1c(F)cc(N)c2cccnc12. The summed E-state index contributed by atoms with van der Waals surface area (Å²) in [7, 11) is 0. The van der Waals surface area contributed by atoms with E-state index in [4.69, 9.17) is 10.5 Å². The Bertz CT molecular complexity index is 644. The van der Waals surface area contributed by atoms with Crippen LogP contribution in [0, 0.1) is 11.7 Å². The molecule has 1 aromatic heterocycles. The normalized spacial score (nSPS) is 22.4. The van der Waals surface area contributed by atoms with E-state index in [0.717, 1.165) is 31.1 Å². The average Bonchev–Trinajstić information content (AvgIpc) is 2.52. The quantitative estimate of drug-likeness (QED) is 0.856. The van der Waals surface area contributed by atoms with Gasteiger partial charge in [0.15, 0.2) is 11.6 Å². The molecule has 1 aliphatic carbocycles. The summed E-state index contributed by atoms with van der Waals surface area (Å²) in [6.07, 6.45) is 7.30. The van der Waals surface area contributed by atoms with Crippen molar-refractivity contribution in [3.63, 3.8) is 0 Å². The van der Waals surface area contributed by atoms with E-state index in [1.54, 1.807) is 12.3 Å². The molecule has 2 N–H and O–H groups in total. The third-order valence-corrected chi connectivity index (χ3v) is 4.47. The predicted molar refractivity (Wildman–Crippen MR) is 82.8 cm³/mol. The van der Waals surface area contributed by atoms with E-state index in [1.807, 2.05) is 6.07 Å². The molecule has 112 valence electrons. The monoisotopic (exact) mass is 288 g/mol. The number of hydrogen-bond acceptors (Lipinski definition) is 3. The number of fused-ring (bicyclic) bond motifs is 1. The van der Waals surface area contributed by atoms with Crippen molar-refractivity contribution in [1.29, 1.82) is 0 Å². The summed E-state index contributed by atoms with van der Waals surface area (Å²) in [5.74, 6) is 0.332. The van der Waals surface area contributed by atoms with Gasteiger partial charge in [-0.1, -0.05) is 13.3 Å². The van der Waals surface area contributed by atoms with Crippen LogP contribution < -0.4 is 10.5 Å². The van der Waals surface area contributed by atoms with Crippen LogP contribution in [0.5, 0.6) is 5.75 Å². The number of pyridine rings is 1. The highest BCUT2D eigenvalue weighted by Gasteiger charge is 2.27. The molecule has 1 saturated carbocycles. The summed E-state index contributed by atoms with van der Waals surface area (Å²) >= 11 is 0. The van der Waals surface area contributed by atoms with Crippen molar-refractivity contribution < 1.29 is 9.13 Å². The highest BCUT2D eigenvalue weighted by Crippen LogP contribution is 2.36. The summed E-state index contributed by atoms with van der Waals surface area (Å²) in [5.41, 5.74) is 6.80. The van der Waals surface area contributed by atoms with Crippen molar-refractivity contribution in [1.82, 2.24) is 4.98 Å². The Labute approximate surface area is 124 Å². The van der Waals surface area contributed by atoms with E-state index in [-0.39, 0.29) is 11.9 Å². The Kier molecular flexibility index (Phi) is 3.95. The molecule has 4 heteroatoms. The fourth-order valence-electron chi connectivity index (χ4n) is 3.27. The maximum atomic E-state index is 14.3. The standard InChI is InChI=1S/C17H21FN2O/c1-2-11-6-3-4-8-15(11)21-17-13(18)10-14(19)12-7-5-9-20-16(12)17/h5,7,9-11,15H,2-4,6,8,19H2,1H3. The Balaban J connectivity index is 2.00. The third kappa shape index (κ3) is 2.67. The topological polar surface area (TPSA) is 48.1 Å². The van der Waals surface area contributed by atoms with Gasteiger partial charge in [-0.2, -0.15) is 0 Å². The lowest BCUT2D eigenvalue weighted by molar-refractivity contribution is 0.0877. The van der Waals surface area contributed by atoms with Crippen LogP contribution in [0.25, 0.3) is 10.9 Å². The Morgan fingerprint density at radius 3 is 3.00 bits per heavy atom. The molecule has 1 aliphatic rings. The van der Waals surface area contributed by atoms with E-state index in [1.165, 1.54) is 12.5 Å². The first-order valence-electron chi connectivity index (χ1n) is 7.70. The van der Waals surface area contributed by atoms with E-state index in [0.29, 0.717) is 17.1 Å². The lowest BCUT2D eigenvalue weighted by Gasteiger charge is -2.31. The minimum Gasteiger partial charge on any atom is -0.485 e. The van der Waals surface area contributed by atoms with Gasteiger partial charge in [-0.3, -0.25) is 4.98 Å². The Morgan fingerprint density at radius 2 is 2.19 bits per heavy atom. The predicted octanol–water partition coefficient (Wildman–Crippen LogP) is 4.30. The van der Waals surface area contributed by atoms with Crippen molar-refractivity contribution in [2.24, 2.45) is 5.92 Å². The van der Waals surface area contributed by atoms with Gasteiger partial charge in [0.25, 0.3) is 0 Å². The highest BCUT2D eigenvalue weighted by molar-refractivity contribution is 5.94. The lowest BCUT2D eigenvalue weighted by atomic mass is 9.84. The first-order chi connectivity index (χ1) is 10.2. The molecule has 1 fully saturated rings. The van der Waals surface area contributed by atoms with Crippen LogP contribution in [-0.2, 0) is 0 Å². The summed E-state index contributed by atoms with van der Waals surface area (Å²) in [5, 5.41) is 0.748. The molecule has 21 heavy (non-hydrogen) atoms. The van der Waals surface area contributed by atoms with Gasteiger partial charge in [0.1, 0.15) is 11.6 Å². The lowest BCUT2D eigenvalue weighted by Crippen LogP contribution is -2.30. The molecular weight excluding hydrogens is 267 g/mol. The van der Waals surface area contributed by atoms with Crippen LogP contribution in [0.3, 0.4) is 0 Å². The number of ether oxygens (including phenoxy) is 1. The highest BCUT2D eigenvalue weighted by atomic mass is 19.1. The minimum atomic E-state index is -0.417. The maximum Gasteiger partial charge on any atom is 0.181 e. The molecule has 0 bridgehead atoms. The summed E-state index contributed by atoms with van der Waals surface area (Å²) < 4.78 is 20.4. The van der Waals surface area contributed by atoms with Gasteiger partial charge in [-0.05, 0) is 43.7 Å². The molecule has 0 saturated heterocycles. The van der Waals surface area contributed by atoms with Crippen molar-refractivity contribution in [3.8, 4) is 5.75 Å². The molecule has 3 rings (SSSR count). The number of nitrogen functional groups attached to an aromatic ring is 1. The third-order valence-electron chi connectivity index (χ3n) is 4.47. The number of benzene rings is 1. The number of hydrogen-bond donors (Lipinski definition) is 1. The largest absolute Gasteiger partial charge is 0.485 e. The van der Waals surface area contributed by atoms with Crippen LogP contribution in [0.15, 0.2) is 24.4 Å². The van der Waals surface area contributed by atoms with E-state index < -0.39 is 5.82 Å². The van der Waals surface area contributed by atoms with E-state index >= 15 is 0 Å². The Hall–Kier alpha value is -1.84. The van der Waals surface area contributed by atoms with Crippen LogP contribution in [0.4, 0.5) is 10.1 Å². The van der Waals surface area contributed by atoms with Gasteiger partial charge in [0, 0.05) is 23.3 Å². The average molecular weight is 288 g/mol. The van der Waals surface area contributed by atoms with Gasteiger partial charge < -0.3 is 10.5 Å². The molecule has 3 nitrogen and oxygen atoms in total. The first-order valence-corrected chi connectivity index (χ1v) is 7.70. The van der Waals surface area contributed by atoms with E-state index in [9.17, 15) is 4.39 Å². The van der Waals surface area contributed by atoms with Crippen LogP contribution in [0.1, 0.15) is 39.0 Å². The van der Waals surface area contributed by atoms with Crippen LogP contribution in [0.2, 0.25) is 0 Å². The number of anilines is 1. The zero-order valence-electron chi connectivity index (χ0n) is 12.3. The van der Waals surface area contributed by atoms with Crippen molar-refractivity contribution >= 4 is 16.6 Å². The van der Waals surface area contributed by atoms with Gasteiger partial charge in [-0.25, -0.2) is 4.39 Å². The number of nitrogens with zero attached hydrogens (tertiary/aromatic N) is 1. The number of halogens is 1. The smallest absolute Gasteiger partial charge is 0.181 e. The molecule has 0 radical (unpaired) electrons. The summed E-state index contributed by atoms with van der Waals surface area (Å²) in [6, 6.07) is 4.99. The molecule has 2 aromatic rings. The minimum absolute atomic E-state index is 0.0760. The van der Waals surface area contributed by atoms with Gasteiger partial charge >= 0.3 is 0 Å². The summed E-state index contributed by atoms with van der Waals surface area (Å²) in [6.45, 7) is 2.17. The second kappa shape index (κ2) is 5.88. The molecule has 1 aromatic carbocycles. The fourth-order valence-corrected chi connectivity index (χ4v) is 3.27.